The van der Waals surface area contributed by atoms with E-state index in [9.17, 15) is 4.79 Å². The molecule has 1 aromatic carbocycles. The molecule has 0 radical (unpaired) electrons. The molecule has 134 valence electrons. The van der Waals surface area contributed by atoms with Crippen molar-refractivity contribution in [2.24, 2.45) is 12.5 Å². The van der Waals surface area contributed by atoms with Crippen molar-refractivity contribution in [3.8, 4) is 0 Å². The number of nitrogens with zero attached hydrogens (tertiary/aromatic N) is 2. The van der Waals surface area contributed by atoms with Crippen LogP contribution in [0, 0.1) is 12.3 Å². The minimum absolute atomic E-state index is 0.0854. The van der Waals surface area contributed by atoms with Crippen molar-refractivity contribution in [2.75, 3.05) is 11.9 Å². The Labute approximate surface area is 149 Å². The molecule has 2 N–H and O–H groups in total. The molecule has 2 atom stereocenters. The fourth-order valence-electron chi connectivity index (χ4n) is 3.05. The molecule has 1 aliphatic rings. The summed E-state index contributed by atoms with van der Waals surface area (Å²) in [5, 5.41) is 10.8. The lowest BCUT2D eigenvalue weighted by Gasteiger charge is -2.18. The predicted octanol–water partition coefficient (Wildman–Crippen LogP) is 3.47. The normalized spacial score (nSPS) is 19.7. The lowest BCUT2D eigenvalue weighted by Crippen LogP contribution is -2.29. The molecule has 0 aliphatic heterocycles. The second kappa shape index (κ2) is 6.64. The lowest BCUT2D eigenvalue weighted by atomic mass is 9.97. The molecule has 1 saturated carbocycles. The summed E-state index contributed by atoms with van der Waals surface area (Å²) in [4.78, 5) is 12.5. The van der Waals surface area contributed by atoms with Crippen LogP contribution >= 0.6 is 0 Å². The number of aryl methyl sites for hydroxylation is 2. The van der Waals surface area contributed by atoms with Crippen molar-refractivity contribution in [1.82, 2.24) is 15.1 Å². The highest BCUT2D eigenvalue weighted by Gasteiger charge is 2.38. The van der Waals surface area contributed by atoms with Crippen LogP contribution in [0.1, 0.15) is 54.7 Å². The van der Waals surface area contributed by atoms with E-state index < -0.39 is 0 Å². The Balaban J connectivity index is 1.64. The summed E-state index contributed by atoms with van der Waals surface area (Å²) in [6.07, 6.45) is 2.97. The van der Waals surface area contributed by atoms with E-state index in [1.54, 1.807) is 4.68 Å². The fraction of sp³-hybridized carbons (Fsp3) is 0.500. The molecule has 1 fully saturated rings. The van der Waals surface area contributed by atoms with Crippen molar-refractivity contribution in [1.29, 1.82) is 0 Å². The van der Waals surface area contributed by atoms with E-state index in [0.29, 0.717) is 17.5 Å². The SMILES string of the molecule is Cc1nn(C)cc1NC(=O)c1cccc(C2CC2NCC(C)(C)C)c1. The molecule has 1 amide bonds. The number of hydrogen-bond donors (Lipinski definition) is 2. The molecular weight excluding hydrogens is 312 g/mol. The summed E-state index contributed by atoms with van der Waals surface area (Å²) in [5.74, 6) is 0.424. The smallest absolute Gasteiger partial charge is 0.255 e. The molecule has 0 saturated heterocycles. The first-order valence-corrected chi connectivity index (χ1v) is 8.88. The van der Waals surface area contributed by atoms with Crippen LogP contribution in [0.25, 0.3) is 0 Å². The highest BCUT2D eigenvalue weighted by Crippen LogP contribution is 2.41. The maximum absolute atomic E-state index is 12.5. The molecule has 2 unspecified atom stereocenters. The maximum Gasteiger partial charge on any atom is 0.255 e. The van der Waals surface area contributed by atoms with Gasteiger partial charge in [-0.1, -0.05) is 32.9 Å². The van der Waals surface area contributed by atoms with Gasteiger partial charge in [-0.15, -0.1) is 0 Å². The molecule has 0 spiro atoms. The summed E-state index contributed by atoms with van der Waals surface area (Å²) < 4.78 is 1.71. The van der Waals surface area contributed by atoms with Crippen molar-refractivity contribution in [3.63, 3.8) is 0 Å². The number of carbonyl (C=O) groups is 1. The summed E-state index contributed by atoms with van der Waals surface area (Å²) in [6, 6.07) is 8.50. The highest BCUT2D eigenvalue weighted by atomic mass is 16.1. The van der Waals surface area contributed by atoms with E-state index in [4.69, 9.17) is 0 Å². The zero-order chi connectivity index (χ0) is 18.2. The van der Waals surface area contributed by atoms with Crippen LogP contribution in [-0.2, 0) is 7.05 Å². The zero-order valence-electron chi connectivity index (χ0n) is 15.8. The van der Waals surface area contributed by atoms with Gasteiger partial charge in [0.25, 0.3) is 5.91 Å². The minimum Gasteiger partial charge on any atom is -0.319 e. The van der Waals surface area contributed by atoms with Gasteiger partial charge in [0, 0.05) is 37.3 Å². The van der Waals surface area contributed by atoms with Gasteiger partial charge >= 0.3 is 0 Å². The number of rotatable bonds is 5. The van der Waals surface area contributed by atoms with Crippen LogP contribution in [0.4, 0.5) is 5.69 Å². The van der Waals surface area contributed by atoms with Crippen LogP contribution in [0.2, 0.25) is 0 Å². The van der Waals surface area contributed by atoms with Gasteiger partial charge in [-0.2, -0.15) is 5.10 Å². The van der Waals surface area contributed by atoms with E-state index in [-0.39, 0.29) is 11.3 Å². The Morgan fingerprint density at radius 1 is 1.36 bits per heavy atom. The molecule has 0 bridgehead atoms. The van der Waals surface area contributed by atoms with Crippen molar-refractivity contribution in [3.05, 3.63) is 47.3 Å². The monoisotopic (exact) mass is 340 g/mol. The molecule has 1 aromatic heterocycles. The van der Waals surface area contributed by atoms with E-state index >= 15 is 0 Å². The maximum atomic E-state index is 12.5. The molecule has 1 heterocycles. The van der Waals surface area contributed by atoms with Crippen LogP contribution in [0.5, 0.6) is 0 Å². The first kappa shape index (κ1) is 17.7. The van der Waals surface area contributed by atoms with E-state index in [2.05, 4.69) is 42.6 Å². The minimum atomic E-state index is -0.0854. The molecule has 25 heavy (non-hydrogen) atoms. The van der Waals surface area contributed by atoms with Crippen LogP contribution < -0.4 is 10.6 Å². The standard InChI is InChI=1S/C20H28N4O/c1-13-18(11-24(5)23-13)22-19(25)15-8-6-7-14(9-15)16-10-17(16)21-12-20(2,3)4/h6-9,11,16-17,21H,10,12H2,1-5H3,(H,22,25). The van der Waals surface area contributed by atoms with Gasteiger partial charge in [0.15, 0.2) is 0 Å². The molecule has 3 rings (SSSR count). The van der Waals surface area contributed by atoms with Gasteiger partial charge in [-0.25, -0.2) is 0 Å². The van der Waals surface area contributed by atoms with Crippen LogP contribution in [0.3, 0.4) is 0 Å². The summed E-state index contributed by atoms with van der Waals surface area (Å²) in [6.45, 7) is 9.62. The van der Waals surface area contributed by atoms with Gasteiger partial charge in [0.05, 0.1) is 11.4 Å². The first-order chi connectivity index (χ1) is 11.7. The van der Waals surface area contributed by atoms with Crippen LogP contribution in [-0.4, -0.2) is 28.3 Å². The number of amides is 1. The largest absolute Gasteiger partial charge is 0.319 e. The van der Waals surface area contributed by atoms with Gasteiger partial charge in [-0.05, 0) is 36.5 Å². The Hall–Kier alpha value is -2.14. The third kappa shape index (κ3) is 4.48. The molecular formula is C20H28N4O. The summed E-state index contributed by atoms with van der Waals surface area (Å²) >= 11 is 0. The van der Waals surface area contributed by atoms with Gasteiger partial charge < -0.3 is 10.6 Å². The summed E-state index contributed by atoms with van der Waals surface area (Å²) in [7, 11) is 1.85. The Morgan fingerprint density at radius 2 is 2.12 bits per heavy atom. The predicted molar refractivity (Wildman–Crippen MR) is 101 cm³/mol. The quantitative estimate of drug-likeness (QED) is 0.876. The Morgan fingerprint density at radius 3 is 2.76 bits per heavy atom. The summed E-state index contributed by atoms with van der Waals surface area (Å²) in [5.41, 5.74) is 3.80. The molecule has 1 aliphatic carbocycles. The Kier molecular flexibility index (Phi) is 4.69. The van der Waals surface area contributed by atoms with E-state index in [0.717, 1.165) is 24.3 Å². The second-order valence-corrected chi connectivity index (χ2v) is 8.27. The van der Waals surface area contributed by atoms with Crippen molar-refractivity contribution < 1.29 is 4.79 Å². The van der Waals surface area contributed by atoms with Crippen molar-refractivity contribution >= 4 is 11.6 Å². The average Bonchev–Trinajstić information content (AvgIpc) is 3.24. The topological polar surface area (TPSA) is 59.0 Å². The second-order valence-electron chi connectivity index (χ2n) is 8.27. The van der Waals surface area contributed by atoms with E-state index in [1.165, 1.54) is 5.56 Å². The number of nitrogens with one attached hydrogen (secondary N) is 2. The average molecular weight is 340 g/mol. The van der Waals surface area contributed by atoms with Gasteiger partial charge in [-0.3, -0.25) is 9.48 Å². The molecule has 2 aromatic rings. The van der Waals surface area contributed by atoms with Crippen molar-refractivity contribution in [2.45, 2.75) is 46.1 Å². The molecule has 5 heteroatoms. The third-order valence-corrected chi connectivity index (χ3v) is 4.52. The number of carbonyl (C=O) groups excluding carboxylic acids is 1. The van der Waals surface area contributed by atoms with Gasteiger partial charge in [0.2, 0.25) is 0 Å². The zero-order valence-corrected chi connectivity index (χ0v) is 15.8. The third-order valence-electron chi connectivity index (χ3n) is 4.52. The first-order valence-electron chi connectivity index (χ1n) is 8.88. The fourth-order valence-corrected chi connectivity index (χ4v) is 3.05. The number of anilines is 1. The van der Waals surface area contributed by atoms with Crippen LogP contribution in [0.15, 0.2) is 30.5 Å². The van der Waals surface area contributed by atoms with Gasteiger partial charge in [0.1, 0.15) is 0 Å². The number of hydrogen-bond acceptors (Lipinski definition) is 3. The Bertz CT molecular complexity index is 772. The highest BCUT2D eigenvalue weighted by molar-refractivity contribution is 6.04. The molecule has 5 nitrogen and oxygen atoms in total. The lowest BCUT2D eigenvalue weighted by molar-refractivity contribution is 0.102. The number of aromatic nitrogens is 2. The number of benzene rings is 1. The van der Waals surface area contributed by atoms with E-state index in [1.807, 2.05) is 38.4 Å².